The number of hydrogen-bond acceptors (Lipinski definition) is 6. The standard InChI is InChI=1S/C13H19N5O3/c1-4-17(8-12-15-11(9-20-3)16-21-12)13(19)10(2)18-7-5-6-14-18/h5-7,10H,4,8-9H2,1-3H3/t10-/m1/s1. The molecule has 2 aromatic heterocycles. The van der Waals surface area contributed by atoms with Crippen molar-refractivity contribution in [1.82, 2.24) is 24.8 Å². The van der Waals surface area contributed by atoms with E-state index in [1.165, 1.54) is 0 Å². The van der Waals surface area contributed by atoms with Gasteiger partial charge in [0.1, 0.15) is 19.2 Å². The summed E-state index contributed by atoms with van der Waals surface area (Å²) in [6.07, 6.45) is 3.41. The lowest BCUT2D eigenvalue weighted by Crippen LogP contribution is -2.36. The smallest absolute Gasteiger partial charge is 0.247 e. The molecule has 0 saturated carbocycles. The maximum Gasteiger partial charge on any atom is 0.247 e. The number of likely N-dealkylation sites (N-methyl/N-ethyl adjacent to an activating group) is 1. The van der Waals surface area contributed by atoms with Crippen LogP contribution in [0.25, 0.3) is 0 Å². The van der Waals surface area contributed by atoms with Crippen LogP contribution in [0.15, 0.2) is 23.0 Å². The molecule has 0 N–H and O–H groups in total. The second-order valence-electron chi connectivity index (χ2n) is 4.55. The maximum atomic E-state index is 12.5. The minimum absolute atomic E-state index is 0.0484. The molecular formula is C13H19N5O3. The van der Waals surface area contributed by atoms with E-state index >= 15 is 0 Å². The van der Waals surface area contributed by atoms with Gasteiger partial charge in [-0.15, -0.1) is 0 Å². The molecule has 0 aliphatic rings. The van der Waals surface area contributed by atoms with E-state index in [0.717, 1.165) is 0 Å². The lowest BCUT2D eigenvalue weighted by Gasteiger charge is -2.22. The van der Waals surface area contributed by atoms with Crippen LogP contribution in [0.4, 0.5) is 0 Å². The quantitative estimate of drug-likeness (QED) is 0.757. The summed E-state index contributed by atoms with van der Waals surface area (Å²) in [5.74, 6) is 0.814. The zero-order valence-electron chi connectivity index (χ0n) is 12.4. The van der Waals surface area contributed by atoms with Gasteiger partial charge in [-0.1, -0.05) is 5.16 Å². The average Bonchev–Trinajstić information content (AvgIpc) is 3.15. The molecule has 1 amide bonds. The molecule has 0 radical (unpaired) electrons. The van der Waals surface area contributed by atoms with E-state index in [2.05, 4.69) is 15.2 Å². The molecule has 0 aromatic carbocycles. The molecule has 2 heterocycles. The van der Waals surface area contributed by atoms with Crippen molar-refractivity contribution < 1.29 is 14.1 Å². The highest BCUT2D eigenvalue weighted by Gasteiger charge is 2.23. The Labute approximate surface area is 122 Å². The fraction of sp³-hybridized carbons (Fsp3) is 0.538. The number of aromatic nitrogens is 4. The summed E-state index contributed by atoms with van der Waals surface area (Å²) in [5.41, 5.74) is 0. The van der Waals surface area contributed by atoms with Crippen LogP contribution in [0.2, 0.25) is 0 Å². The number of amides is 1. The van der Waals surface area contributed by atoms with Gasteiger partial charge in [0, 0.05) is 26.0 Å². The van der Waals surface area contributed by atoms with Crippen molar-refractivity contribution >= 4 is 5.91 Å². The van der Waals surface area contributed by atoms with Crippen molar-refractivity contribution in [2.75, 3.05) is 13.7 Å². The van der Waals surface area contributed by atoms with E-state index in [4.69, 9.17) is 9.26 Å². The van der Waals surface area contributed by atoms with Gasteiger partial charge >= 0.3 is 0 Å². The first-order valence-corrected chi connectivity index (χ1v) is 6.74. The van der Waals surface area contributed by atoms with Crippen LogP contribution in [-0.4, -0.2) is 44.4 Å². The Balaban J connectivity index is 2.03. The number of ether oxygens (including phenoxy) is 1. The van der Waals surface area contributed by atoms with Gasteiger partial charge in [0.25, 0.3) is 0 Å². The van der Waals surface area contributed by atoms with E-state index in [0.29, 0.717) is 18.3 Å². The predicted octanol–water partition coefficient (Wildman–Crippen LogP) is 1.02. The van der Waals surface area contributed by atoms with Crippen LogP contribution in [0.1, 0.15) is 31.6 Å². The minimum Gasteiger partial charge on any atom is -0.377 e. The summed E-state index contributed by atoms with van der Waals surface area (Å²) >= 11 is 0. The first-order chi connectivity index (χ1) is 10.2. The summed E-state index contributed by atoms with van der Waals surface area (Å²) in [6.45, 7) is 4.82. The van der Waals surface area contributed by atoms with Crippen LogP contribution >= 0.6 is 0 Å². The van der Waals surface area contributed by atoms with Crippen molar-refractivity contribution in [3.63, 3.8) is 0 Å². The van der Waals surface area contributed by atoms with E-state index in [-0.39, 0.29) is 25.1 Å². The summed E-state index contributed by atoms with van der Waals surface area (Å²) < 4.78 is 11.7. The average molecular weight is 293 g/mol. The monoisotopic (exact) mass is 293 g/mol. The summed E-state index contributed by atoms with van der Waals surface area (Å²) in [6, 6.07) is 1.41. The van der Waals surface area contributed by atoms with E-state index in [9.17, 15) is 4.79 Å². The molecule has 114 valence electrons. The van der Waals surface area contributed by atoms with Crippen molar-refractivity contribution in [2.45, 2.75) is 33.0 Å². The highest BCUT2D eigenvalue weighted by molar-refractivity contribution is 5.79. The Morgan fingerprint density at radius 2 is 2.38 bits per heavy atom. The van der Waals surface area contributed by atoms with Crippen LogP contribution in [-0.2, 0) is 22.7 Å². The molecule has 2 rings (SSSR count). The highest BCUT2D eigenvalue weighted by atomic mass is 16.5. The molecule has 0 spiro atoms. The molecule has 0 bridgehead atoms. The van der Waals surface area contributed by atoms with Crippen molar-refractivity contribution in [1.29, 1.82) is 0 Å². The first-order valence-electron chi connectivity index (χ1n) is 6.74. The number of carbonyl (C=O) groups is 1. The van der Waals surface area contributed by atoms with Crippen LogP contribution < -0.4 is 0 Å². The third-order valence-electron chi connectivity index (χ3n) is 3.08. The molecule has 2 aromatic rings. The van der Waals surface area contributed by atoms with Crippen LogP contribution in [0.3, 0.4) is 0 Å². The summed E-state index contributed by atoms with van der Waals surface area (Å²) in [5, 5.41) is 7.87. The lowest BCUT2D eigenvalue weighted by atomic mass is 10.3. The normalized spacial score (nSPS) is 12.3. The van der Waals surface area contributed by atoms with E-state index < -0.39 is 0 Å². The summed E-state index contributed by atoms with van der Waals surface area (Å²) in [7, 11) is 1.56. The summed E-state index contributed by atoms with van der Waals surface area (Å²) in [4.78, 5) is 18.3. The second kappa shape index (κ2) is 6.98. The van der Waals surface area contributed by atoms with Gasteiger partial charge < -0.3 is 14.2 Å². The molecule has 0 unspecified atom stereocenters. The van der Waals surface area contributed by atoms with Crippen molar-refractivity contribution in [3.05, 3.63) is 30.2 Å². The van der Waals surface area contributed by atoms with Crippen LogP contribution in [0, 0.1) is 0 Å². The Bertz CT molecular complexity index is 566. The van der Waals surface area contributed by atoms with Gasteiger partial charge in [-0.05, 0) is 19.9 Å². The zero-order chi connectivity index (χ0) is 15.2. The maximum absolute atomic E-state index is 12.5. The van der Waals surface area contributed by atoms with Gasteiger partial charge in [0.15, 0.2) is 5.82 Å². The molecule has 0 aliphatic carbocycles. The lowest BCUT2D eigenvalue weighted by molar-refractivity contribution is -0.135. The van der Waals surface area contributed by atoms with Gasteiger partial charge in [0.2, 0.25) is 11.8 Å². The van der Waals surface area contributed by atoms with Gasteiger partial charge in [0.05, 0.1) is 0 Å². The largest absolute Gasteiger partial charge is 0.377 e. The van der Waals surface area contributed by atoms with E-state index in [1.807, 2.05) is 13.8 Å². The first kappa shape index (κ1) is 15.2. The van der Waals surface area contributed by atoms with E-state index in [1.54, 1.807) is 35.2 Å². The Morgan fingerprint density at radius 1 is 1.57 bits per heavy atom. The Kier molecular flexibility index (Phi) is 5.04. The van der Waals surface area contributed by atoms with Crippen molar-refractivity contribution in [2.24, 2.45) is 0 Å². The number of methoxy groups -OCH3 is 1. The molecule has 0 saturated heterocycles. The highest BCUT2D eigenvalue weighted by Crippen LogP contribution is 2.11. The fourth-order valence-corrected chi connectivity index (χ4v) is 1.94. The SMILES string of the molecule is CCN(Cc1nc(COC)no1)C(=O)[C@@H](C)n1cccn1. The molecular weight excluding hydrogens is 274 g/mol. The fourth-order valence-electron chi connectivity index (χ4n) is 1.94. The molecule has 21 heavy (non-hydrogen) atoms. The van der Waals surface area contributed by atoms with Crippen LogP contribution in [0.5, 0.6) is 0 Å². The predicted molar refractivity (Wildman–Crippen MR) is 73.0 cm³/mol. The number of hydrogen-bond donors (Lipinski definition) is 0. The second-order valence-corrected chi connectivity index (χ2v) is 4.55. The molecule has 8 heteroatoms. The molecule has 8 nitrogen and oxygen atoms in total. The molecule has 0 fully saturated rings. The Hall–Kier alpha value is -2.22. The third-order valence-corrected chi connectivity index (χ3v) is 3.08. The zero-order valence-corrected chi connectivity index (χ0v) is 12.4. The Morgan fingerprint density at radius 3 is 3.00 bits per heavy atom. The minimum atomic E-state index is -0.374. The van der Waals surface area contributed by atoms with Gasteiger partial charge in [-0.2, -0.15) is 10.1 Å². The number of carbonyl (C=O) groups excluding carboxylic acids is 1. The van der Waals surface area contributed by atoms with Crippen molar-refractivity contribution in [3.8, 4) is 0 Å². The topological polar surface area (TPSA) is 86.3 Å². The van der Waals surface area contributed by atoms with Gasteiger partial charge in [-0.25, -0.2) is 0 Å². The number of nitrogens with zero attached hydrogens (tertiary/aromatic N) is 5. The van der Waals surface area contributed by atoms with Gasteiger partial charge in [-0.3, -0.25) is 9.48 Å². The third kappa shape index (κ3) is 3.66. The molecule has 1 atom stereocenters. The molecule has 0 aliphatic heterocycles. The number of rotatable bonds is 7.